The molecule has 0 spiro atoms. The molecule has 0 aliphatic heterocycles. The summed E-state index contributed by atoms with van der Waals surface area (Å²) in [5.74, 6) is -0.0272. The molecule has 78 valence electrons. The molecule has 0 aromatic heterocycles. The smallest absolute Gasteiger partial charge is 0.220 e. The van der Waals surface area contributed by atoms with Crippen molar-refractivity contribution in [2.45, 2.75) is 32.8 Å². The van der Waals surface area contributed by atoms with Gasteiger partial charge in [0.1, 0.15) is 0 Å². The fourth-order valence-corrected chi connectivity index (χ4v) is 0.835. The van der Waals surface area contributed by atoms with Gasteiger partial charge in [-0.2, -0.15) is 0 Å². The lowest BCUT2D eigenvalue weighted by molar-refractivity contribution is -0.121. The Morgan fingerprint density at radius 2 is 2.31 bits per heavy atom. The van der Waals surface area contributed by atoms with Gasteiger partial charge in [0, 0.05) is 19.6 Å². The van der Waals surface area contributed by atoms with Crippen LogP contribution in [0.1, 0.15) is 26.7 Å². The standard InChI is InChI=1S/C9H19NO3/c1-3-13-7-6-10-9(12)5-4-8(2)11/h8,11H,3-7H2,1-2H3,(H,10,12). The maximum absolute atomic E-state index is 11.0. The van der Waals surface area contributed by atoms with Gasteiger partial charge in [-0.25, -0.2) is 0 Å². The van der Waals surface area contributed by atoms with Gasteiger partial charge in [0.05, 0.1) is 12.7 Å². The number of carbonyl (C=O) groups is 1. The van der Waals surface area contributed by atoms with Crippen LogP contribution >= 0.6 is 0 Å². The Balaban J connectivity index is 3.20. The van der Waals surface area contributed by atoms with Crippen molar-refractivity contribution in [2.24, 2.45) is 0 Å². The number of ether oxygens (including phenoxy) is 1. The van der Waals surface area contributed by atoms with Gasteiger partial charge in [-0.3, -0.25) is 4.79 Å². The average molecular weight is 189 g/mol. The lowest BCUT2D eigenvalue weighted by atomic mass is 10.2. The highest BCUT2D eigenvalue weighted by Crippen LogP contribution is 1.94. The molecule has 1 amide bonds. The predicted molar refractivity (Wildman–Crippen MR) is 50.4 cm³/mol. The second-order valence-electron chi connectivity index (χ2n) is 2.93. The van der Waals surface area contributed by atoms with Crippen LogP contribution in [0, 0.1) is 0 Å². The predicted octanol–water partition coefficient (Wildman–Crippen LogP) is 0.300. The van der Waals surface area contributed by atoms with Crippen molar-refractivity contribution in [1.82, 2.24) is 5.32 Å². The SMILES string of the molecule is CCOCCNC(=O)CCC(C)O. The lowest BCUT2D eigenvalue weighted by Crippen LogP contribution is -2.27. The summed E-state index contributed by atoms with van der Waals surface area (Å²) in [7, 11) is 0. The molecular formula is C9H19NO3. The van der Waals surface area contributed by atoms with Crippen LogP contribution in [-0.2, 0) is 9.53 Å². The molecule has 0 radical (unpaired) electrons. The zero-order chi connectivity index (χ0) is 10.1. The van der Waals surface area contributed by atoms with Gasteiger partial charge in [0.2, 0.25) is 5.91 Å². The number of carbonyl (C=O) groups excluding carboxylic acids is 1. The maximum atomic E-state index is 11.0. The highest BCUT2D eigenvalue weighted by molar-refractivity contribution is 5.75. The highest BCUT2D eigenvalue weighted by Gasteiger charge is 2.02. The Bertz CT molecular complexity index is 137. The summed E-state index contributed by atoms with van der Waals surface area (Å²) in [6, 6.07) is 0. The number of hydrogen-bond donors (Lipinski definition) is 2. The van der Waals surface area contributed by atoms with Crippen LogP contribution in [0.3, 0.4) is 0 Å². The number of amides is 1. The van der Waals surface area contributed by atoms with E-state index in [1.54, 1.807) is 6.92 Å². The van der Waals surface area contributed by atoms with E-state index >= 15 is 0 Å². The molecule has 0 heterocycles. The van der Waals surface area contributed by atoms with Gasteiger partial charge in [-0.15, -0.1) is 0 Å². The fourth-order valence-electron chi connectivity index (χ4n) is 0.835. The number of aliphatic hydroxyl groups is 1. The molecule has 2 N–H and O–H groups in total. The van der Waals surface area contributed by atoms with Crippen LogP contribution in [0.4, 0.5) is 0 Å². The second kappa shape index (κ2) is 8.01. The molecule has 0 aliphatic carbocycles. The van der Waals surface area contributed by atoms with Crippen molar-refractivity contribution in [3.05, 3.63) is 0 Å². The summed E-state index contributed by atoms with van der Waals surface area (Å²) in [6.07, 6.45) is 0.488. The van der Waals surface area contributed by atoms with Gasteiger partial charge < -0.3 is 15.2 Å². The Morgan fingerprint density at radius 3 is 2.85 bits per heavy atom. The van der Waals surface area contributed by atoms with E-state index in [-0.39, 0.29) is 5.91 Å². The highest BCUT2D eigenvalue weighted by atomic mass is 16.5. The van der Waals surface area contributed by atoms with Gasteiger partial charge >= 0.3 is 0 Å². The topological polar surface area (TPSA) is 58.6 Å². The third-order valence-electron chi connectivity index (χ3n) is 1.56. The Hall–Kier alpha value is -0.610. The van der Waals surface area contributed by atoms with Crippen molar-refractivity contribution in [2.75, 3.05) is 19.8 Å². The quantitative estimate of drug-likeness (QED) is 0.566. The molecule has 1 unspecified atom stereocenters. The number of nitrogens with one attached hydrogen (secondary N) is 1. The molecule has 0 saturated heterocycles. The zero-order valence-electron chi connectivity index (χ0n) is 8.38. The average Bonchev–Trinajstić information content (AvgIpc) is 2.09. The van der Waals surface area contributed by atoms with Crippen molar-refractivity contribution >= 4 is 5.91 Å². The molecule has 4 heteroatoms. The van der Waals surface area contributed by atoms with E-state index in [0.29, 0.717) is 32.6 Å². The number of rotatable bonds is 7. The fraction of sp³-hybridized carbons (Fsp3) is 0.889. The van der Waals surface area contributed by atoms with Crippen molar-refractivity contribution in [3.63, 3.8) is 0 Å². The Labute approximate surface area is 79.3 Å². The van der Waals surface area contributed by atoms with Crippen LogP contribution in [0.2, 0.25) is 0 Å². The molecule has 0 bridgehead atoms. The van der Waals surface area contributed by atoms with Crippen molar-refractivity contribution < 1.29 is 14.6 Å². The monoisotopic (exact) mass is 189 g/mol. The minimum Gasteiger partial charge on any atom is -0.393 e. The molecule has 0 saturated carbocycles. The van der Waals surface area contributed by atoms with E-state index in [1.165, 1.54) is 0 Å². The summed E-state index contributed by atoms with van der Waals surface area (Å²) in [5, 5.41) is 11.6. The van der Waals surface area contributed by atoms with Crippen LogP contribution < -0.4 is 5.32 Å². The molecule has 13 heavy (non-hydrogen) atoms. The summed E-state index contributed by atoms with van der Waals surface area (Å²) in [5.41, 5.74) is 0. The van der Waals surface area contributed by atoms with Crippen LogP contribution in [0.25, 0.3) is 0 Å². The summed E-state index contributed by atoms with van der Waals surface area (Å²) in [4.78, 5) is 11.0. The van der Waals surface area contributed by atoms with E-state index in [2.05, 4.69) is 5.32 Å². The minimum absolute atomic E-state index is 0.0272. The maximum Gasteiger partial charge on any atom is 0.220 e. The molecule has 4 nitrogen and oxygen atoms in total. The number of aliphatic hydroxyl groups excluding tert-OH is 1. The van der Waals surface area contributed by atoms with Crippen LogP contribution in [-0.4, -0.2) is 36.9 Å². The molecule has 0 rings (SSSR count). The largest absolute Gasteiger partial charge is 0.393 e. The van der Waals surface area contributed by atoms with Crippen LogP contribution in [0.15, 0.2) is 0 Å². The first-order chi connectivity index (χ1) is 6.16. The number of hydrogen-bond acceptors (Lipinski definition) is 3. The van der Waals surface area contributed by atoms with E-state index < -0.39 is 6.10 Å². The first-order valence-corrected chi connectivity index (χ1v) is 4.69. The third kappa shape index (κ3) is 9.30. The molecule has 1 atom stereocenters. The molecule has 0 fully saturated rings. The molecular weight excluding hydrogens is 170 g/mol. The van der Waals surface area contributed by atoms with E-state index in [1.807, 2.05) is 6.92 Å². The molecule has 0 aromatic carbocycles. The normalized spacial score (nSPS) is 12.5. The van der Waals surface area contributed by atoms with Gasteiger partial charge in [0.15, 0.2) is 0 Å². The Morgan fingerprint density at radius 1 is 1.62 bits per heavy atom. The summed E-state index contributed by atoms with van der Waals surface area (Å²) >= 11 is 0. The van der Waals surface area contributed by atoms with Crippen LogP contribution in [0.5, 0.6) is 0 Å². The first kappa shape index (κ1) is 12.4. The lowest BCUT2D eigenvalue weighted by Gasteiger charge is -2.06. The summed E-state index contributed by atoms with van der Waals surface area (Å²) < 4.78 is 5.05. The molecule has 0 aliphatic rings. The van der Waals surface area contributed by atoms with E-state index in [0.717, 1.165) is 0 Å². The second-order valence-corrected chi connectivity index (χ2v) is 2.93. The van der Waals surface area contributed by atoms with Crippen molar-refractivity contribution in [1.29, 1.82) is 0 Å². The first-order valence-electron chi connectivity index (χ1n) is 4.69. The van der Waals surface area contributed by atoms with Gasteiger partial charge in [-0.1, -0.05) is 0 Å². The third-order valence-corrected chi connectivity index (χ3v) is 1.56. The van der Waals surface area contributed by atoms with Gasteiger partial charge in [-0.05, 0) is 20.3 Å². The summed E-state index contributed by atoms with van der Waals surface area (Å²) in [6.45, 7) is 5.36. The Kier molecular flexibility index (Phi) is 7.63. The van der Waals surface area contributed by atoms with E-state index in [4.69, 9.17) is 9.84 Å². The molecule has 0 aromatic rings. The van der Waals surface area contributed by atoms with Crippen molar-refractivity contribution in [3.8, 4) is 0 Å². The van der Waals surface area contributed by atoms with Gasteiger partial charge in [0.25, 0.3) is 0 Å². The minimum atomic E-state index is -0.405. The van der Waals surface area contributed by atoms with E-state index in [9.17, 15) is 4.79 Å². The zero-order valence-corrected chi connectivity index (χ0v) is 8.38.